The Morgan fingerprint density at radius 2 is 2.00 bits per heavy atom. The molecular weight excluding hydrogens is 190 g/mol. The second-order valence-electron chi connectivity index (χ2n) is 3.31. The summed E-state index contributed by atoms with van der Waals surface area (Å²) in [4.78, 5) is 11.5. The second-order valence-corrected chi connectivity index (χ2v) is 3.31. The highest BCUT2D eigenvalue weighted by Gasteiger charge is 2.13. The van der Waals surface area contributed by atoms with Crippen molar-refractivity contribution in [2.24, 2.45) is 0 Å². The van der Waals surface area contributed by atoms with Gasteiger partial charge < -0.3 is 4.74 Å². The van der Waals surface area contributed by atoms with Crippen molar-refractivity contribution < 1.29 is 9.53 Å². The van der Waals surface area contributed by atoms with Crippen LogP contribution in [0.1, 0.15) is 34.0 Å². The fourth-order valence-corrected chi connectivity index (χ4v) is 1.29. The van der Waals surface area contributed by atoms with E-state index in [1.165, 1.54) is 0 Å². The lowest BCUT2D eigenvalue weighted by atomic mass is 10.0. The Labute approximate surface area is 89.3 Å². The molecule has 3 nitrogen and oxygen atoms in total. The van der Waals surface area contributed by atoms with Crippen LogP contribution in [-0.4, -0.2) is 12.6 Å². The van der Waals surface area contributed by atoms with E-state index in [1.54, 1.807) is 19.1 Å². The van der Waals surface area contributed by atoms with Gasteiger partial charge in [-0.05, 0) is 44.0 Å². The Balaban J connectivity index is 3.23. The van der Waals surface area contributed by atoms with Crippen molar-refractivity contribution >= 4 is 5.97 Å². The van der Waals surface area contributed by atoms with Crippen molar-refractivity contribution in [2.75, 3.05) is 6.61 Å². The number of nitriles is 1. The van der Waals surface area contributed by atoms with Crippen LogP contribution in [0.4, 0.5) is 0 Å². The van der Waals surface area contributed by atoms with Gasteiger partial charge >= 0.3 is 5.97 Å². The van der Waals surface area contributed by atoms with Crippen LogP contribution in [0.3, 0.4) is 0 Å². The quantitative estimate of drug-likeness (QED) is 0.693. The van der Waals surface area contributed by atoms with E-state index < -0.39 is 5.97 Å². The Hall–Kier alpha value is -1.82. The Kier molecular flexibility index (Phi) is 3.46. The average molecular weight is 203 g/mol. The first kappa shape index (κ1) is 11.3. The number of nitrogens with zero attached hydrogens (tertiary/aromatic N) is 1. The first-order chi connectivity index (χ1) is 7.10. The summed E-state index contributed by atoms with van der Waals surface area (Å²) in [6.07, 6.45) is 0. The highest BCUT2D eigenvalue weighted by Crippen LogP contribution is 2.16. The number of carbonyl (C=O) groups excluding carboxylic acids is 1. The van der Waals surface area contributed by atoms with Crippen molar-refractivity contribution in [3.05, 3.63) is 34.4 Å². The molecular formula is C12H13NO2. The van der Waals surface area contributed by atoms with Crippen molar-refractivity contribution in [3.8, 4) is 6.07 Å². The molecule has 1 rings (SSSR count). The molecule has 0 aliphatic carbocycles. The largest absolute Gasteiger partial charge is 0.462 e. The SMILES string of the molecule is CCOC(=O)c1cc(C)c(C)cc1C#N. The van der Waals surface area contributed by atoms with E-state index in [-0.39, 0.29) is 0 Å². The standard InChI is InChI=1S/C12H13NO2/c1-4-15-12(14)11-6-9(3)8(2)5-10(11)7-13/h5-6H,4H2,1-3H3. The molecule has 78 valence electrons. The van der Waals surface area contributed by atoms with Crippen LogP contribution in [0.2, 0.25) is 0 Å². The lowest BCUT2D eigenvalue weighted by molar-refractivity contribution is 0.0526. The lowest BCUT2D eigenvalue weighted by Crippen LogP contribution is -2.07. The number of benzene rings is 1. The van der Waals surface area contributed by atoms with E-state index in [9.17, 15) is 4.79 Å². The highest BCUT2D eigenvalue weighted by molar-refractivity contribution is 5.92. The van der Waals surface area contributed by atoms with E-state index in [4.69, 9.17) is 10.00 Å². The van der Waals surface area contributed by atoms with E-state index in [2.05, 4.69) is 0 Å². The molecule has 0 aliphatic heterocycles. The molecule has 0 aliphatic rings. The summed E-state index contributed by atoms with van der Waals surface area (Å²) in [6, 6.07) is 5.41. The molecule has 0 saturated heterocycles. The molecule has 1 aromatic rings. The van der Waals surface area contributed by atoms with E-state index in [0.717, 1.165) is 11.1 Å². The summed E-state index contributed by atoms with van der Waals surface area (Å²) >= 11 is 0. The molecule has 0 bridgehead atoms. The molecule has 15 heavy (non-hydrogen) atoms. The number of carbonyl (C=O) groups is 1. The number of ether oxygens (including phenoxy) is 1. The van der Waals surface area contributed by atoms with Gasteiger partial charge in [0.15, 0.2) is 0 Å². The van der Waals surface area contributed by atoms with Gasteiger partial charge in [0.05, 0.1) is 17.7 Å². The summed E-state index contributed by atoms with van der Waals surface area (Å²) in [5.41, 5.74) is 2.70. The van der Waals surface area contributed by atoms with Crippen molar-refractivity contribution in [3.63, 3.8) is 0 Å². The highest BCUT2D eigenvalue weighted by atomic mass is 16.5. The van der Waals surface area contributed by atoms with Gasteiger partial charge in [0, 0.05) is 0 Å². The Bertz CT molecular complexity index is 430. The number of aryl methyl sites for hydroxylation is 2. The predicted octanol–water partition coefficient (Wildman–Crippen LogP) is 2.35. The summed E-state index contributed by atoms with van der Waals surface area (Å²) in [5.74, 6) is -0.433. The summed E-state index contributed by atoms with van der Waals surface area (Å²) in [5, 5.41) is 8.89. The number of esters is 1. The first-order valence-corrected chi connectivity index (χ1v) is 4.78. The van der Waals surface area contributed by atoms with Crippen LogP contribution in [0.15, 0.2) is 12.1 Å². The van der Waals surface area contributed by atoms with E-state index in [0.29, 0.717) is 17.7 Å². The summed E-state index contributed by atoms with van der Waals surface area (Å²) in [6.45, 7) is 5.87. The molecule has 0 atom stereocenters. The van der Waals surface area contributed by atoms with Gasteiger partial charge in [-0.25, -0.2) is 4.79 Å². The van der Waals surface area contributed by atoms with Gasteiger partial charge in [-0.2, -0.15) is 5.26 Å². The van der Waals surface area contributed by atoms with Crippen molar-refractivity contribution in [1.29, 1.82) is 5.26 Å². The Morgan fingerprint density at radius 3 is 2.53 bits per heavy atom. The third-order valence-electron chi connectivity index (χ3n) is 2.25. The molecule has 0 fully saturated rings. The zero-order valence-corrected chi connectivity index (χ0v) is 9.13. The molecule has 0 unspecified atom stereocenters. The monoisotopic (exact) mass is 203 g/mol. The van der Waals surface area contributed by atoms with Crippen LogP contribution in [0.25, 0.3) is 0 Å². The van der Waals surface area contributed by atoms with Crippen LogP contribution in [0.5, 0.6) is 0 Å². The molecule has 1 aromatic carbocycles. The molecule has 0 aromatic heterocycles. The predicted molar refractivity (Wildman–Crippen MR) is 56.6 cm³/mol. The third-order valence-corrected chi connectivity index (χ3v) is 2.25. The zero-order chi connectivity index (χ0) is 11.4. The van der Waals surface area contributed by atoms with E-state index in [1.807, 2.05) is 19.9 Å². The summed E-state index contributed by atoms with van der Waals surface area (Å²) in [7, 11) is 0. The molecule has 0 radical (unpaired) electrons. The topological polar surface area (TPSA) is 50.1 Å². The summed E-state index contributed by atoms with van der Waals surface area (Å²) < 4.78 is 4.88. The minimum absolute atomic E-state index is 0.316. The van der Waals surface area contributed by atoms with Gasteiger partial charge in [-0.15, -0.1) is 0 Å². The van der Waals surface area contributed by atoms with Crippen LogP contribution >= 0.6 is 0 Å². The molecule has 0 saturated carbocycles. The van der Waals surface area contributed by atoms with Gasteiger partial charge in [0.2, 0.25) is 0 Å². The molecule has 0 amide bonds. The fraction of sp³-hybridized carbons (Fsp3) is 0.333. The minimum atomic E-state index is -0.433. The second kappa shape index (κ2) is 4.61. The third kappa shape index (κ3) is 2.35. The Morgan fingerprint density at radius 1 is 1.40 bits per heavy atom. The zero-order valence-electron chi connectivity index (χ0n) is 9.13. The minimum Gasteiger partial charge on any atom is -0.462 e. The molecule has 3 heteroatoms. The maximum atomic E-state index is 11.5. The van der Waals surface area contributed by atoms with Crippen LogP contribution in [-0.2, 0) is 4.74 Å². The fourth-order valence-electron chi connectivity index (χ4n) is 1.29. The molecule has 0 heterocycles. The van der Waals surface area contributed by atoms with Crippen LogP contribution < -0.4 is 0 Å². The smallest absolute Gasteiger partial charge is 0.339 e. The van der Waals surface area contributed by atoms with Crippen molar-refractivity contribution in [2.45, 2.75) is 20.8 Å². The molecule has 0 spiro atoms. The van der Waals surface area contributed by atoms with Crippen LogP contribution in [0, 0.1) is 25.2 Å². The van der Waals surface area contributed by atoms with Gasteiger partial charge in [-0.1, -0.05) is 0 Å². The maximum absolute atomic E-state index is 11.5. The average Bonchev–Trinajstić information content (AvgIpc) is 2.21. The number of rotatable bonds is 2. The number of hydrogen-bond donors (Lipinski definition) is 0. The van der Waals surface area contributed by atoms with Gasteiger partial charge in [0.25, 0.3) is 0 Å². The molecule has 0 N–H and O–H groups in total. The van der Waals surface area contributed by atoms with Gasteiger partial charge in [0.1, 0.15) is 6.07 Å². The van der Waals surface area contributed by atoms with Crippen molar-refractivity contribution in [1.82, 2.24) is 0 Å². The van der Waals surface area contributed by atoms with E-state index >= 15 is 0 Å². The normalized spacial score (nSPS) is 9.47. The lowest BCUT2D eigenvalue weighted by Gasteiger charge is -2.07. The maximum Gasteiger partial charge on any atom is 0.339 e. The van der Waals surface area contributed by atoms with Gasteiger partial charge in [-0.3, -0.25) is 0 Å². The number of hydrogen-bond acceptors (Lipinski definition) is 3. The first-order valence-electron chi connectivity index (χ1n) is 4.78.